The third kappa shape index (κ3) is 6.10. The largest absolute Gasteiger partial charge is 0.455 e. The zero-order valence-corrected chi connectivity index (χ0v) is 36.5. The van der Waals surface area contributed by atoms with Crippen molar-refractivity contribution < 1.29 is 8.83 Å². The van der Waals surface area contributed by atoms with E-state index in [-0.39, 0.29) is 0 Å². The molecule has 0 aliphatic heterocycles. The van der Waals surface area contributed by atoms with E-state index in [9.17, 15) is 0 Å². The molecule has 66 heavy (non-hydrogen) atoms. The van der Waals surface area contributed by atoms with Crippen molar-refractivity contribution in [2.45, 2.75) is 43.9 Å². The Kier molecular flexibility index (Phi) is 8.40. The van der Waals surface area contributed by atoms with Crippen LogP contribution in [0.3, 0.4) is 0 Å². The molecule has 5 nitrogen and oxygen atoms in total. The highest BCUT2D eigenvalue weighted by atomic mass is 16.3. The third-order valence-corrected chi connectivity index (χ3v) is 15.3. The van der Waals surface area contributed by atoms with E-state index >= 15 is 0 Å². The van der Waals surface area contributed by atoms with Gasteiger partial charge in [-0.3, -0.25) is 0 Å². The molecule has 0 radical (unpaired) electrons. The monoisotopic (exact) mass is 851 g/mol. The van der Waals surface area contributed by atoms with Crippen LogP contribution in [-0.4, -0.2) is 15.0 Å². The van der Waals surface area contributed by atoms with Gasteiger partial charge in [0.2, 0.25) is 0 Å². The van der Waals surface area contributed by atoms with Gasteiger partial charge in [-0.2, -0.15) is 0 Å². The van der Waals surface area contributed by atoms with E-state index in [1.54, 1.807) is 0 Å². The van der Waals surface area contributed by atoms with Gasteiger partial charge < -0.3 is 8.83 Å². The highest BCUT2D eigenvalue weighted by Crippen LogP contribution is 2.61. The molecule has 8 aromatic carbocycles. The fourth-order valence-corrected chi connectivity index (χ4v) is 12.7. The minimum Gasteiger partial charge on any atom is -0.455 e. The molecule has 0 N–H and O–H groups in total. The van der Waals surface area contributed by atoms with Gasteiger partial charge >= 0.3 is 0 Å². The molecule has 11 aromatic rings. The number of aromatic nitrogens is 3. The van der Waals surface area contributed by atoms with Crippen LogP contribution < -0.4 is 0 Å². The Morgan fingerprint density at radius 3 is 1.52 bits per heavy atom. The summed E-state index contributed by atoms with van der Waals surface area (Å²) in [5.41, 5.74) is 14.1. The summed E-state index contributed by atoms with van der Waals surface area (Å²) in [7, 11) is 0. The molecule has 0 saturated heterocycles. The summed E-state index contributed by atoms with van der Waals surface area (Å²) in [5, 5.41) is 4.16. The van der Waals surface area contributed by atoms with Crippen LogP contribution in [-0.2, 0) is 5.41 Å². The molecule has 15 rings (SSSR count). The van der Waals surface area contributed by atoms with Crippen LogP contribution in [0.25, 0.3) is 111 Å². The highest BCUT2D eigenvalue weighted by molar-refractivity contribution is 6.12. The van der Waals surface area contributed by atoms with Gasteiger partial charge in [0.25, 0.3) is 0 Å². The van der Waals surface area contributed by atoms with Crippen molar-refractivity contribution in [2.75, 3.05) is 0 Å². The highest BCUT2D eigenvalue weighted by Gasteiger charge is 2.51. The lowest BCUT2D eigenvalue weighted by Crippen LogP contribution is -2.48. The molecule has 0 atom stereocenters. The van der Waals surface area contributed by atoms with Crippen molar-refractivity contribution in [3.63, 3.8) is 0 Å². The predicted molar refractivity (Wildman–Crippen MR) is 267 cm³/mol. The van der Waals surface area contributed by atoms with Crippen molar-refractivity contribution in [1.29, 1.82) is 0 Å². The van der Waals surface area contributed by atoms with Crippen LogP contribution in [0, 0.1) is 17.8 Å². The average Bonchev–Trinajstić information content (AvgIpc) is 3.95. The number of rotatable bonds is 7. The van der Waals surface area contributed by atoms with Gasteiger partial charge in [-0.25, -0.2) is 15.0 Å². The molecule has 3 heterocycles. The first kappa shape index (κ1) is 37.7. The second-order valence-electron chi connectivity index (χ2n) is 19.4. The Bertz CT molecular complexity index is 3640. The van der Waals surface area contributed by atoms with E-state index in [2.05, 4.69) is 158 Å². The van der Waals surface area contributed by atoms with Crippen LogP contribution >= 0.6 is 0 Å². The Balaban J connectivity index is 0.995. The molecule has 0 amide bonds. The summed E-state index contributed by atoms with van der Waals surface area (Å²) in [6, 6.07) is 64.5. The molecule has 316 valence electrons. The van der Waals surface area contributed by atoms with Crippen molar-refractivity contribution >= 4 is 43.9 Å². The first-order valence-electron chi connectivity index (χ1n) is 23.6. The number of hydrogen-bond donors (Lipinski definition) is 0. The third-order valence-electron chi connectivity index (χ3n) is 15.3. The van der Waals surface area contributed by atoms with Gasteiger partial charge in [0, 0.05) is 27.1 Å². The Hall–Kier alpha value is -7.63. The van der Waals surface area contributed by atoms with E-state index in [0.29, 0.717) is 22.9 Å². The minimum atomic E-state index is 0.335. The zero-order valence-electron chi connectivity index (χ0n) is 36.5. The summed E-state index contributed by atoms with van der Waals surface area (Å²) in [6.45, 7) is 0. The maximum atomic E-state index is 6.83. The fourth-order valence-electron chi connectivity index (χ4n) is 12.7. The Labute approximate surface area is 382 Å². The van der Waals surface area contributed by atoms with Gasteiger partial charge in [0.05, 0.1) is 11.1 Å². The smallest absolute Gasteiger partial charge is 0.167 e. The number of nitrogens with zero attached hydrogens (tertiary/aromatic N) is 3. The van der Waals surface area contributed by atoms with E-state index in [1.165, 1.54) is 49.7 Å². The number of hydrogen-bond acceptors (Lipinski definition) is 5. The van der Waals surface area contributed by atoms with Crippen LogP contribution in [0.5, 0.6) is 0 Å². The van der Waals surface area contributed by atoms with Gasteiger partial charge in [-0.05, 0) is 143 Å². The summed E-state index contributed by atoms with van der Waals surface area (Å²) < 4.78 is 13.5. The van der Waals surface area contributed by atoms with Gasteiger partial charge in [-0.15, -0.1) is 0 Å². The molecule has 3 aromatic heterocycles. The molecule has 4 saturated carbocycles. The quantitative estimate of drug-likeness (QED) is 0.160. The zero-order chi connectivity index (χ0) is 43.3. The lowest BCUT2D eigenvalue weighted by molar-refractivity contribution is -0.00518. The maximum Gasteiger partial charge on any atom is 0.167 e. The van der Waals surface area contributed by atoms with Crippen molar-refractivity contribution in [1.82, 2.24) is 15.0 Å². The summed E-state index contributed by atoms with van der Waals surface area (Å²) in [4.78, 5) is 16.3. The summed E-state index contributed by atoms with van der Waals surface area (Å²) in [6.07, 6.45) is 8.38. The predicted octanol–water partition coefficient (Wildman–Crippen LogP) is 16.1. The summed E-state index contributed by atoms with van der Waals surface area (Å²) >= 11 is 0. The normalized spacial score (nSPS) is 20.0. The number of para-hydroxylation sites is 3. The van der Waals surface area contributed by atoms with Gasteiger partial charge in [-0.1, -0.05) is 140 Å². The van der Waals surface area contributed by atoms with Crippen molar-refractivity contribution in [3.8, 4) is 67.5 Å². The molecular weight excluding hydrogens is 807 g/mol. The molecular formula is C61H45N3O2. The van der Waals surface area contributed by atoms with Crippen LogP contribution in [0.2, 0.25) is 0 Å². The van der Waals surface area contributed by atoms with Crippen molar-refractivity contribution in [3.05, 3.63) is 188 Å². The molecule has 4 aliphatic rings. The van der Waals surface area contributed by atoms with E-state index in [1.807, 2.05) is 24.3 Å². The van der Waals surface area contributed by atoms with Crippen LogP contribution in [0.1, 0.15) is 44.1 Å². The van der Waals surface area contributed by atoms with Gasteiger partial charge in [0.15, 0.2) is 17.5 Å². The number of benzene rings is 8. The average molecular weight is 852 g/mol. The molecule has 4 aliphatic carbocycles. The lowest BCUT2D eigenvalue weighted by atomic mass is 9.48. The Morgan fingerprint density at radius 1 is 0.348 bits per heavy atom. The SMILES string of the molecule is c1ccc(-c2ccc(-c3nc(-c4cccc5c4oc4ccccc45)nc(-c4cc(-c5ccc(C67CC8CC(CC(C8)C6)C7)cc5)cc5c4oc4ccccc45)n3)c(-c3ccccc3)c2)cc1. The van der Waals surface area contributed by atoms with E-state index < -0.39 is 0 Å². The van der Waals surface area contributed by atoms with Crippen molar-refractivity contribution in [2.24, 2.45) is 17.8 Å². The van der Waals surface area contributed by atoms with Gasteiger partial charge in [0.1, 0.15) is 22.3 Å². The topological polar surface area (TPSA) is 65.0 Å². The summed E-state index contributed by atoms with van der Waals surface area (Å²) in [5.74, 6) is 4.32. The maximum absolute atomic E-state index is 6.83. The number of furan rings is 2. The molecule has 4 fully saturated rings. The molecule has 0 unspecified atom stereocenters. The number of fused-ring (bicyclic) bond motifs is 6. The van der Waals surface area contributed by atoms with E-state index in [4.69, 9.17) is 23.8 Å². The molecule has 4 bridgehead atoms. The van der Waals surface area contributed by atoms with Crippen LogP contribution in [0.15, 0.2) is 191 Å². The standard InChI is InChI=1S/C61H45N3O2/c1-3-12-40(13-4-1)43-24-27-49(51(31-43)42-14-5-2-6-15-42)58-62-59(50-19-11-18-48-46-16-7-9-20-54(46)65-56(48)50)64-60(63-58)53-33-44(32-52-47-17-8-10-21-55(47)66-57(52)53)41-22-25-45(26-23-41)61-34-37-28-38(35-61)30-39(29-37)36-61/h1-27,31-33,37-39H,28-30,34-36H2. The second kappa shape index (κ2) is 14.7. The fraction of sp³-hybridized carbons (Fsp3) is 0.164. The Morgan fingerprint density at radius 2 is 0.848 bits per heavy atom. The lowest BCUT2D eigenvalue weighted by Gasteiger charge is -2.57. The second-order valence-corrected chi connectivity index (χ2v) is 19.4. The molecule has 5 heteroatoms. The first-order valence-corrected chi connectivity index (χ1v) is 23.6. The first-order chi connectivity index (χ1) is 32.6. The minimum absolute atomic E-state index is 0.335. The van der Waals surface area contributed by atoms with E-state index in [0.717, 1.165) is 106 Å². The van der Waals surface area contributed by atoms with Crippen LogP contribution in [0.4, 0.5) is 0 Å². The molecule has 0 spiro atoms.